The van der Waals surface area contributed by atoms with E-state index in [2.05, 4.69) is 19.9 Å². The first-order valence-electron chi connectivity index (χ1n) is 9.61. The summed E-state index contributed by atoms with van der Waals surface area (Å²) in [7, 11) is 0. The first-order chi connectivity index (χ1) is 15.1. The Kier molecular flexibility index (Phi) is 3.70. The number of H-pyrrole nitrogens is 1. The first-order valence-corrected chi connectivity index (χ1v) is 9.61. The van der Waals surface area contributed by atoms with Crippen LogP contribution in [0.5, 0.6) is 5.75 Å². The van der Waals surface area contributed by atoms with Crippen LogP contribution in [0.1, 0.15) is 18.0 Å². The molecule has 0 unspecified atom stereocenters. The fraction of sp³-hybridized carbons (Fsp3) is 0.143. The molecule has 3 aromatic heterocycles. The third-order valence-electron chi connectivity index (χ3n) is 5.48. The van der Waals surface area contributed by atoms with Gasteiger partial charge >= 0.3 is 5.69 Å². The molecule has 8 nitrogen and oxygen atoms in total. The number of halogens is 2. The summed E-state index contributed by atoms with van der Waals surface area (Å²) < 4.78 is 36.4. The zero-order valence-corrected chi connectivity index (χ0v) is 15.9. The molecule has 31 heavy (non-hydrogen) atoms. The minimum Gasteiger partial charge on any atom is -0.490 e. The molecule has 4 heterocycles. The molecule has 6 rings (SSSR count). The highest BCUT2D eigenvalue weighted by Gasteiger charge is 2.28. The van der Waals surface area contributed by atoms with Gasteiger partial charge in [0, 0.05) is 18.1 Å². The van der Waals surface area contributed by atoms with E-state index < -0.39 is 11.9 Å². The van der Waals surface area contributed by atoms with Gasteiger partial charge < -0.3 is 9.72 Å². The molecule has 0 amide bonds. The number of aromatic nitrogens is 6. The maximum absolute atomic E-state index is 14.2. The number of para-hydroxylation sites is 1. The number of hydrogen-bond acceptors (Lipinski definition) is 5. The number of imidazole rings is 2. The molecule has 0 spiro atoms. The molecule has 0 aliphatic carbocycles. The van der Waals surface area contributed by atoms with Crippen LogP contribution in [0, 0.1) is 11.6 Å². The number of nitrogens with one attached hydrogen (secondary N) is 1. The van der Waals surface area contributed by atoms with E-state index in [1.807, 2.05) is 0 Å². The zero-order chi connectivity index (χ0) is 21.1. The summed E-state index contributed by atoms with van der Waals surface area (Å²) >= 11 is 0. The quantitative estimate of drug-likeness (QED) is 0.474. The molecule has 1 N–H and O–H groups in total. The van der Waals surface area contributed by atoms with E-state index in [0.29, 0.717) is 34.2 Å². The standard InChI is InChI=1S/C21H14F2N6O2/c22-11-4-5-17-14(8-11)25-10-28(17)20-24-9-15-19(27-20)29(21(30)26-15)16-6-7-31-18-12(16)2-1-3-13(18)23/h1-5,8-10,16H,6-7H2,(H,26,30)/t16-/m1/s1. The van der Waals surface area contributed by atoms with Crippen LogP contribution in [0.15, 0.2) is 53.7 Å². The normalized spacial score (nSPS) is 15.9. The van der Waals surface area contributed by atoms with Crippen LogP contribution < -0.4 is 10.4 Å². The van der Waals surface area contributed by atoms with Crippen molar-refractivity contribution in [2.24, 2.45) is 0 Å². The summed E-state index contributed by atoms with van der Waals surface area (Å²) in [6.45, 7) is 0.271. The van der Waals surface area contributed by atoms with E-state index in [0.717, 1.165) is 0 Å². The lowest BCUT2D eigenvalue weighted by Crippen LogP contribution is -2.28. The summed E-state index contributed by atoms with van der Waals surface area (Å²) in [5, 5.41) is 0. The second-order valence-electron chi connectivity index (χ2n) is 7.27. The monoisotopic (exact) mass is 420 g/mol. The minimum atomic E-state index is -0.470. The molecule has 10 heteroatoms. The summed E-state index contributed by atoms with van der Waals surface area (Å²) in [6, 6.07) is 8.46. The Hall–Kier alpha value is -4.08. The lowest BCUT2D eigenvalue weighted by Gasteiger charge is -2.26. The van der Waals surface area contributed by atoms with Gasteiger partial charge in [0.15, 0.2) is 17.2 Å². The number of benzene rings is 2. The number of aromatic amines is 1. The molecule has 0 radical (unpaired) electrons. The van der Waals surface area contributed by atoms with Crippen LogP contribution in [0.25, 0.3) is 28.1 Å². The van der Waals surface area contributed by atoms with E-state index in [1.165, 1.54) is 35.3 Å². The average molecular weight is 420 g/mol. The van der Waals surface area contributed by atoms with Gasteiger partial charge in [0.2, 0.25) is 5.95 Å². The number of nitrogens with zero attached hydrogens (tertiary/aromatic N) is 5. The van der Waals surface area contributed by atoms with Crippen molar-refractivity contribution in [3.05, 3.63) is 76.6 Å². The van der Waals surface area contributed by atoms with Crippen LogP contribution in [-0.2, 0) is 0 Å². The van der Waals surface area contributed by atoms with E-state index in [-0.39, 0.29) is 29.8 Å². The van der Waals surface area contributed by atoms with Gasteiger partial charge in [-0.2, -0.15) is 4.98 Å². The Bertz CT molecular complexity index is 1540. The van der Waals surface area contributed by atoms with Gasteiger partial charge in [0.25, 0.3) is 0 Å². The minimum absolute atomic E-state index is 0.150. The number of hydrogen-bond donors (Lipinski definition) is 1. The van der Waals surface area contributed by atoms with Gasteiger partial charge in [-0.1, -0.05) is 12.1 Å². The first kappa shape index (κ1) is 17.8. The molecule has 0 saturated carbocycles. The molecule has 1 atom stereocenters. The molecule has 2 aromatic carbocycles. The van der Waals surface area contributed by atoms with Crippen molar-refractivity contribution in [3.63, 3.8) is 0 Å². The second kappa shape index (κ2) is 6.46. The summed E-state index contributed by atoms with van der Waals surface area (Å²) in [4.78, 5) is 28.7. The summed E-state index contributed by atoms with van der Waals surface area (Å²) in [5.41, 5.74) is 2.13. The SMILES string of the molecule is O=c1[nH]c2cnc(-n3cnc4cc(F)ccc43)nc2n1[C@@H]1CCOc2c(F)cccc21. The second-order valence-corrected chi connectivity index (χ2v) is 7.27. The van der Waals surface area contributed by atoms with Gasteiger partial charge in [0.05, 0.1) is 29.9 Å². The third kappa shape index (κ3) is 2.64. The van der Waals surface area contributed by atoms with Crippen LogP contribution in [-0.4, -0.2) is 35.7 Å². The van der Waals surface area contributed by atoms with Crippen molar-refractivity contribution < 1.29 is 13.5 Å². The molecular weight excluding hydrogens is 406 g/mol. The van der Waals surface area contributed by atoms with Gasteiger partial charge in [-0.25, -0.2) is 23.5 Å². The Morgan fingerprint density at radius 2 is 2.06 bits per heavy atom. The largest absolute Gasteiger partial charge is 0.490 e. The number of ether oxygens (including phenoxy) is 1. The highest BCUT2D eigenvalue weighted by atomic mass is 19.1. The lowest BCUT2D eigenvalue weighted by molar-refractivity contribution is 0.244. The lowest BCUT2D eigenvalue weighted by atomic mass is 10.00. The Morgan fingerprint density at radius 1 is 1.16 bits per heavy atom. The van der Waals surface area contributed by atoms with Crippen molar-refractivity contribution >= 4 is 22.2 Å². The van der Waals surface area contributed by atoms with E-state index in [9.17, 15) is 13.6 Å². The van der Waals surface area contributed by atoms with Gasteiger partial charge in [-0.05, 0) is 18.2 Å². The molecule has 0 bridgehead atoms. The fourth-order valence-corrected chi connectivity index (χ4v) is 4.09. The van der Waals surface area contributed by atoms with Crippen LogP contribution in [0.3, 0.4) is 0 Å². The highest BCUT2D eigenvalue weighted by molar-refractivity contribution is 5.77. The molecule has 154 valence electrons. The van der Waals surface area contributed by atoms with Crippen LogP contribution in [0.4, 0.5) is 8.78 Å². The van der Waals surface area contributed by atoms with Gasteiger partial charge in [-0.3, -0.25) is 9.13 Å². The van der Waals surface area contributed by atoms with Crippen LogP contribution >= 0.6 is 0 Å². The Labute approximate surface area is 172 Å². The van der Waals surface area contributed by atoms with E-state index >= 15 is 0 Å². The zero-order valence-electron chi connectivity index (χ0n) is 15.9. The van der Waals surface area contributed by atoms with Gasteiger partial charge in [0.1, 0.15) is 17.7 Å². The topological polar surface area (TPSA) is 90.6 Å². The van der Waals surface area contributed by atoms with E-state index in [4.69, 9.17) is 4.74 Å². The molecule has 0 saturated heterocycles. The maximum Gasteiger partial charge on any atom is 0.328 e. The third-order valence-corrected chi connectivity index (χ3v) is 5.48. The van der Waals surface area contributed by atoms with Crippen molar-refractivity contribution in [2.75, 3.05) is 6.61 Å². The van der Waals surface area contributed by atoms with Crippen molar-refractivity contribution in [2.45, 2.75) is 12.5 Å². The molecule has 1 aliphatic heterocycles. The molecular formula is C21H14F2N6O2. The predicted octanol–water partition coefficient (Wildman–Crippen LogP) is 3.11. The van der Waals surface area contributed by atoms with Crippen LogP contribution in [0.2, 0.25) is 0 Å². The van der Waals surface area contributed by atoms with Crippen molar-refractivity contribution in [1.29, 1.82) is 0 Å². The Morgan fingerprint density at radius 3 is 2.97 bits per heavy atom. The average Bonchev–Trinajstić information content (AvgIpc) is 3.33. The summed E-state index contributed by atoms with van der Waals surface area (Å²) in [5.74, 6) is -0.431. The number of fused-ring (bicyclic) bond motifs is 3. The van der Waals surface area contributed by atoms with Gasteiger partial charge in [-0.15, -0.1) is 0 Å². The Balaban J connectivity index is 1.55. The van der Waals surface area contributed by atoms with Crippen molar-refractivity contribution in [3.8, 4) is 11.7 Å². The predicted molar refractivity (Wildman–Crippen MR) is 107 cm³/mol. The molecule has 0 fully saturated rings. The fourth-order valence-electron chi connectivity index (χ4n) is 4.09. The molecule has 5 aromatic rings. The van der Waals surface area contributed by atoms with Crippen molar-refractivity contribution in [1.82, 2.24) is 29.1 Å². The highest BCUT2D eigenvalue weighted by Crippen LogP contribution is 2.36. The summed E-state index contributed by atoms with van der Waals surface area (Å²) in [6.07, 6.45) is 3.49. The number of rotatable bonds is 2. The van der Waals surface area contributed by atoms with E-state index in [1.54, 1.807) is 22.8 Å². The smallest absolute Gasteiger partial charge is 0.328 e. The molecule has 1 aliphatic rings. The maximum atomic E-state index is 14.2.